The molecule has 1 unspecified atom stereocenters. The minimum atomic E-state index is -0.0910. The number of rotatable bonds is 2. The van der Waals surface area contributed by atoms with Crippen molar-refractivity contribution in [2.75, 3.05) is 0 Å². The maximum Gasteiger partial charge on any atom is 0.0840 e. The molecule has 2 aromatic rings. The van der Waals surface area contributed by atoms with Gasteiger partial charge in [0.25, 0.3) is 0 Å². The van der Waals surface area contributed by atoms with Crippen LogP contribution >= 0.6 is 27.5 Å². The summed E-state index contributed by atoms with van der Waals surface area (Å²) in [6.45, 7) is 8.61. The number of benzene rings is 2. The first-order valence-corrected chi connectivity index (χ1v) is 7.61. The summed E-state index contributed by atoms with van der Waals surface area (Å²) in [5.74, 6) is 0. The summed E-state index contributed by atoms with van der Waals surface area (Å²) >= 11 is 10.2. The molecule has 2 aromatic carbocycles. The van der Waals surface area contributed by atoms with Gasteiger partial charge in [-0.3, -0.25) is 0 Å². The van der Waals surface area contributed by atoms with Crippen LogP contribution in [0.2, 0.25) is 0 Å². The maximum atomic E-state index is 6.72. The monoisotopic (exact) mass is 336 g/mol. The molecule has 0 saturated heterocycles. The molecule has 19 heavy (non-hydrogen) atoms. The van der Waals surface area contributed by atoms with Crippen LogP contribution in [0.4, 0.5) is 0 Å². The lowest BCUT2D eigenvalue weighted by Crippen LogP contribution is -2.03. The molecule has 0 aliphatic carbocycles. The normalized spacial score (nSPS) is 12.5. The third-order valence-corrected chi connectivity index (χ3v) is 4.84. The van der Waals surface area contributed by atoms with Gasteiger partial charge >= 0.3 is 0 Å². The molecule has 1 atom stereocenters. The molecule has 100 valence electrons. The molecule has 0 heterocycles. The van der Waals surface area contributed by atoms with Crippen LogP contribution in [0.3, 0.4) is 0 Å². The van der Waals surface area contributed by atoms with Crippen molar-refractivity contribution in [2.45, 2.75) is 33.1 Å². The Balaban J connectivity index is 2.55. The van der Waals surface area contributed by atoms with E-state index in [-0.39, 0.29) is 5.38 Å². The standard InChI is InChI=1S/C17H18BrCl/c1-10-9-11(2)13(4)16(12(10)3)17(19)14-5-7-15(18)8-6-14/h5-9,17H,1-4H3. The topological polar surface area (TPSA) is 0 Å². The summed E-state index contributed by atoms with van der Waals surface area (Å²) in [7, 11) is 0. The molecule has 0 aromatic heterocycles. The minimum absolute atomic E-state index is 0.0910. The van der Waals surface area contributed by atoms with E-state index >= 15 is 0 Å². The van der Waals surface area contributed by atoms with Gasteiger partial charge in [0.1, 0.15) is 0 Å². The van der Waals surface area contributed by atoms with Crippen molar-refractivity contribution in [3.63, 3.8) is 0 Å². The summed E-state index contributed by atoms with van der Waals surface area (Å²) in [5.41, 5.74) is 7.60. The number of halogens is 2. The Morgan fingerprint density at radius 2 is 1.37 bits per heavy atom. The van der Waals surface area contributed by atoms with Crippen molar-refractivity contribution in [1.29, 1.82) is 0 Å². The van der Waals surface area contributed by atoms with Gasteiger partial charge < -0.3 is 0 Å². The third-order valence-electron chi connectivity index (χ3n) is 3.84. The molecule has 0 nitrogen and oxygen atoms in total. The van der Waals surface area contributed by atoms with Crippen LogP contribution in [0.1, 0.15) is 38.8 Å². The van der Waals surface area contributed by atoms with Crippen LogP contribution < -0.4 is 0 Å². The molecule has 2 heteroatoms. The molecule has 0 radical (unpaired) electrons. The van der Waals surface area contributed by atoms with E-state index in [4.69, 9.17) is 11.6 Å². The molecular formula is C17H18BrCl. The quantitative estimate of drug-likeness (QED) is 0.589. The molecule has 2 rings (SSSR count). The molecule has 0 aliphatic rings. The summed E-state index contributed by atoms with van der Waals surface area (Å²) in [5, 5.41) is -0.0910. The van der Waals surface area contributed by atoms with Crippen molar-refractivity contribution in [2.24, 2.45) is 0 Å². The fourth-order valence-corrected chi connectivity index (χ4v) is 3.16. The lowest BCUT2D eigenvalue weighted by Gasteiger charge is -2.20. The van der Waals surface area contributed by atoms with Crippen LogP contribution in [0.5, 0.6) is 0 Å². The van der Waals surface area contributed by atoms with E-state index in [0.717, 1.165) is 10.0 Å². The highest BCUT2D eigenvalue weighted by atomic mass is 79.9. The van der Waals surface area contributed by atoms with Crippen LogP contribution in [-0.2, 0) is 0 Å². The fraction of sp³-hybridized carbons (Fsp3) is 0.294. The zero-order valence-electron chi connectivity index (χ0n) is 11.7. The van der Waals surface area contributed by atoms with Crippen LogP contribution in [0.15, 0.2) is 34.8 Å². The fourth-order valence-electron chi connectivity index (χ4n) is 2.43. The Bertz CT molecular complexity index is 573. The van der Waals surface area contributed by atoms with Gasteiger partial charge in [-0.25, -0.2) is 0 Å². The van der Waals surface area contributed by atoms with Crippen molar-refractivity contribution in [3.05, 3.63) is 68.2 Å². The zero-order chi connectivity index (χ0) is 14.2. The smallest absolute Gasteiger partial charge is 0.0840 e. The highest BCUT2D eigenvalue weighted by Crippen LogP contribution is 2.36. The van der Waals surface area contributed by atoms with Crippen LogP contribution in [0.25, 0.3) is 0 Å². The molecular weight excluding hydrogens is 320 g/mol. The summed E-state index contributed by atoms with van der Waals surface area (Å²) in [6, 6.07) is 10.5. The van der Waals surface area contributed by atoms with Gasteiger partial charge in [0.05, 0.1) is 5.38 Å². The Labute approximate surface area is 128 Å². The largest absolute Gasteiger partial charge is 0.113 e. The van der Waals surface area contributed by atoms with Crippen molar-refractivity contribution in [3.8, 4) is 0 Å². The SMILES string of the molecule is Cc1cc(C)c(C)c(C(Cl)c2ccc(Br)cc2)c1C. The van der Waals surface area contributed by atoms with Gasteiger partial charge in [0.15, 0.2) is 0 Å². The van der Waals surface area contributed by atoms with Gasteiger partial charge in [-0.2, -0.15) is 0 Å². The van der Waals surface area contributed by atoms with E-state index in [0.29, 0.717) is 0 Å². The molecule has 0 aliphatic heterocycles. The van der Waals surface area contributed by atoms with Crippen LogP contribution in [0, 0.1) is 27.7 Å². The number of aryl methyl sites for hydroxylation is 2. The first-order valence-electron chi connectivity index (χ1n) is 6.38. The zero-order valence-corrected chi connectivity index (χ0v) is 14.1. The summed E-state index contributed by atoms with van der Waals surface area (Å²) in [6.07, 6.45) is 0. The average Bonchev–Trinajstić information content (AvgIpc) is 2.37. The first-order chi connectivity index (χ1) is 8.91. The minimum Gasteiger partial charge on any atom is -0.113 e. The van der Waals surface area contributed by atoms with Gasteiger partial charge in [-0.1, -0.05) is 34.1 Å². The van der Waals surface area contributed by atoms with E-state index < -0.39 is 0 Å². The predicted molar refractivity (Wildman–Crippen MR) is 87.2 cm³/mol. The molecule has 0 bridgehead atoms. The molecule has 0 spiro atoms. The van der Waals surface area contributed by atoms with E-state index in [1.54, 1.807) is 0 Å². The Hall–Kier alpha value is -0.790. The number of alkyl halides is 1. The molecule has 0 amide bonds. The van der Waals surface area contributed by atoms with E-state index in [2.05, 4.69) is 61.8 Å². The van der Waals surface area contributed by atoms with Crippen molar-refractivity contribution < 1.29 is 0 Å². The second-order valence-electron chi connectivity index (χ2n) is 5.09. The van der Waals surface area contributed by atoms with Crippen molar-refractivity contribution >= 4 is 27.5 Å². The van der Waals surface area contributed by atoms with Gasteiger partial charge in [0, 0.05) is 4.47 Å². The average molecular weight is 338 g/mol. The summed E-state index contributed by atoms with van der Waals surface area (Å²) < 4.78 is 1.08. The van der Waals surface area contributed by atoms with E-state index in [9.17, 15) is 0 Å². The molecule has 0 saturated carbocycles. The second kappa shape index (κ2) is 5.68. The third kappa shape index (κ3) is 2.88. The summed E-state index contributed by atoms with van der Waals surface area (Å²) in [4.78, 5) is 0. The highest BCUT2D eigenvalue weighted by molar-refractivity contribution is 9.10. The molecule has 0 fully saturated rings. The van der Waals surface area contributed by atoms with Gasteiger partial charge in [-0.05, 0) is 73.2 Å². The lowest BCUT2D eigenvalue weighted by molar-refractivity contribution is 1.05. The maximum absolute atomic E-state index is 6.72. The van der Waals surface area contributed by atoms with Gasteiger partial charge in [-0.15, -0.1) is 11.6 Å². The number of hydrogen-bond donors (Lipinski definition) is 0. The predicted octanol–water partition coefficient (Wildman–Crippen LogP) is 6.01. The van der Waals surface area contributed by atoms with Crippen molar-refractivity contribution in [1.82, 2.24) is 0 Å². The van der Waals surface area contributed by atoms with E-state index in [1.165, 1.54) is 27.8 Å². The van der Waals surface area contributed by atoms with E-state index in [1.807, 2.05) is 12.1 Å². The Morgan fingerprint density at radius 3 is 1.84 bits per heavy atom. The Morgan fingerprint density at radius 1 is 0.895 bits per heavy atom. The van der Waals surface area contributed by atoms with Crippen LogP contribution in [-0.4, -0.2) is 0 Å². The highest BCUT2D eigenvalue weighted by Gasteiger charge is 2.18. The second-order valence-corrected chi connectivity index (χ2v) is 6.44. The Kier molecular flexibility index (Phi) is 4.37. The lowest BCUT2D eigenvalue weighted by atomic mass is 9.90. The first kappa shape index (κ1) is 14.6. The van der Waals surface area contributed by atoms with Gasteiger partial charge in [0.2, 0.25) is 0 Å². The number of hydrogen-bond acceptors (Lipinski definition) is 0. The molecule has 0 N–H and O–H groups in total.